The van der Waals surface area contributed by atoms with Gasteiger partial charge in [-0.1, -0.05) is 6.07 Å². The van der Waals surface area contributed by atoms with Crippen molar-refractivity contribution in [3.63, 3.8) is 0 Å². The topological polar surface area (TPSA) is 66.4 Å². The summed E-state index contributed by atoms with van der Waals surface area (Å²) in [6.07, 6.45) is 1.11. The Morgan fingerprint density at radius 3 is 2.61 bits per heavy atom. The van der Waals surface area contributed by atoms with Gasteiger partial charge in [0.15, 0.2) is 0 Å². The van der Waals surface area contributed by atoms with Crippen LogP contribution in [0.3, 0.4) is 0 Å². The van der Waals surface area contributed by atoms with Gasteiger partial charge < -0.3 is 10.4 Å². The number of nitrogens with one attached hydrogen (secondary N) is 1. The van der Waals surface area contributed by atoms with Crippen molar-refractivity contribution in [3.8, 4) is 0 Å². The third-order valence-corrected chi connectivity index (χ3v) is 3.26. The molecule has 2 rings (SSSR count). The van der Waals surface area contributed by atoms with E-state index in [1.807, 2.05) is 0 Å². The maximum Gasteiger partial charge on any atom is 0.311 e. The summed E-state index contributed by atoms with van der Waals surface area (Å²) in [5.41, 5.74) is -0.161. The first-order valence-corrected chi connectivity index (χ1v) is 5.72. The predicted octanol–water partition coefficient (Wildman–Crippen LogP) is 1.73. The van der Waals surface area contributed by atoms with Crippen molar-refractivity contribution in [2.75, 3.05) is 6.54 Å². The summed E-state index contributed by atoms with van der Waals surface area (Å²) in [6, 6.07) is 4.32. The molecule has 1 aliphatic rings. The van der Waals surface area contributed by atoms with Crippen molar-refractivity contribution in [2.24, 2.45) is 5.41 Å². The quantitative estimate of drug-likeness (QED) is 0.856. The van der Waals surface area contributed by atoms with E-state index in [9.17, 15) is 14.0 Å². The molecule has 96 valence electrons. The fourth-order valence-corrected chi connectivity index (χ4v) is 1.77. The monoisotopic (exact) mass is 251 g/mol. The number of hydrogen-bond acceptors (Lipinski definition) is 2. The second-order valence-electron chi connectivity index (χ2n) is 4.75. The van der Waals surface area contributed by atoms with Gasteiger partial charge in [0.1, 0.15) is 5.82 Å². The summed E-state index contributed by atoms with van der Waals surface area (Å²) in [4.78, 5) is 22.6. The molecule has 1 fully saturated rings. The lowest BCUT2D eigenvalue weighted by Gasteiger charge is -2.11. The number of halogens is 1. The second kappa shape index (κ2) is 4.40. The highest BCUT2D eigenvalue weighted by Gasteiger charge is 2.50. The number of aliphatic carboxylic acids is 1. The molecule has 0 unspecified atom stereocenters. The standard InChI is InChI=1S/C13H14FNO3/c1-8-2-3-9(10(14)6-8)11(16)15-7-13(4-5-13)12(17)18/h2-3,6H,4-5,7H2,1H3,(H,15,16)(H,17,18). The van der Waals surface area contributed by atoms with Crippen molar-refractivity contribution >= 4 is 11.9 Å². The molecule has 0 radical (unpaired) electrons. The summed E-state index contributed by atoms with van der Waals surface area (Å²) in [7, 11) is 0. The predicted molar refractivity (Wildman–Crippen MR) is 62.8 cm³/mol. The average Bonchev–Trinajstić information content (AvgIpc) is 3.07. The molecule has 4 nitrogen and oxygen atoms in total. The smallest absolute Gasteiger partial charge is 0.311 e. The molecule has 1 aromatic carbocycles. The Hall–Kier alpha value is -1.91. The van der Waals surface area contributed by atoms with Crippen molar-refractivity contribution in [1.82, 2.24) is 5.32 Å². The minimum atomic E-state index is -0.910. The van der Waals surface area contributed by atoms with Crippen LogP contribution in [0.2, 0.25) is 0 Å². The number of carbonyl (C=O) groups is 2. The third kappa shape index (κ3) is 2.34. The zero-order valence-corrected chi connectivity index (χ0v) is 10.00. The molecule has 0 saturated heterocycles. The molecule has 5 heteroatoms. The van der Waals surface area contributed by atoms with Crippen molar-refractivity contribution in [3.05, 3.63) is 35.1 Å². The number of amides is 1. The van der Waals surface area contributed by atoms with Crippen LogP contribution in [-0.2, 0) is 4.79 Å². The van der Waals surface area contributed by atoms with Crippen LogP contribution >= 0.6 is 0 Å². The first kappa shape index (κ1) is 12.5. The number of benzene rings is 1. The van der Waals surface area contributed by atoms with E-state index >= 15 is 0 Å². The van der Waals surface area contributed by atoms with Gasteiger partial charge in [-0.15, -0.1) is 0 Å². The molecule has 1 saturated carbocycles. The summed E-state index contributed by atoms with van der Waals surface area (Å²) in [6.45, 7) is 1.78. The summed E-state index contributed by atoms with van der Waals surface area (Å²) in [5.74, 6) is -2.07. The van der Waals surface area contributed by atoms with Gasteiger partial charge >= 0.3 is 5.97 Å². The molecule has 1 aromatic rings. The molecule has 1 amide bonds. The summed E-state index contributed by atoms with van der Waals surface area (Å²) >= 11 is 0. The lowest BCUT2D eigenvalue weighted by molar-refractivity contribution is -0.143. The van der Waals surface area contributed by atoms with E-state index in [2.05, 4.69) is 5.32 Å². The van der Waals surface area contributed by atoms with Crippen LogP contribution in [0.4, 0.5) is 4.39 Å². The molecular formula is C13H14FNO3. The van der Waals surface area contributed by atoms with E-state index in [4.69, 9.17) is 5.11 Å². The van der Waals surface area contributed by atoms with Gasteiger partial charge in [-0.05, 0) is 37.5 Å². The molecule has 0 aromatic heterocycles. The van der Waals surface area contributed by atoms with Gasteiger partial charge in [0, 0.05) is 6.54 Å². The largest absolute Gasteiger partial charge is 0.481 e. The summed E-state index contributed by atoms with van der Waals surface area (Å²) in [5, 5.41) is 11.4. The van der Waals surface area contributed by atoms with Crippen LogP contribution in [0.5, 0.6) is 0 Å². The molecule has 0 atom stereocenters. The molecule has 0 aliphatic heterocycles. The van der Waals surface area contributed by atoms with Crippen LogP contribution in [0.1, 0.15) is 28.8 Å². The molecule has 0 bridgehead atoms. The number of carboxylic acids is 1. The SMILES string of the molecule is Cc1ccc(C(=O)NCC2(C(=O)O)CC2)c(F)c1. The third-order valence-electron chi connectivity index (χ3n) is 3.26. The molecule has 0 spiro atoms. The Labute approximate surface area is 104 Å². The number of carbonyl (C=O) groups excluding carboxylic acids is 1. The molecule has 2 N–H and O–H groups in total. The Kier molecular flexibility index (Phi) is 3.07. The Balaban J connectivity index is 2.02. The maximum absolute atomic E-state index is 13.5. The van der Waals surface area contributed by atoms with E-state index < -0.39 is 23.1 Å². The Bertz CT molecular complexity index is 509. The normalized spacial score (nSPS) is 16.1. The van der Waals surface area contributed by atoms with Crippen molar-refractivity contribution in [1.29, 1.82) is 0 Å². The van der Waals surface area contributed by atoms with Gasteiger partial charge in [0.2, 0.25) is 0 Å². The number of carboxylic acid groups (broad SMARTS) is 1. The lowest BCUT2D eigenvalue weighted by atomic mass is 10.1. The van der Waals surface area contributed by atoms with Crippen molar-refractivity contribution < 1.29 is 19.1 Å². The van der Waals surface area contributed by atoms with Gasteiger partial charge in [-0.3, -0.25) is 9.59 Å². The highest BCUT2D eigenvalue weighted by Crippen LogP contribution is 2.45. The van der Waals surface area contributed by atoms with Gasteiger partial charge in [0.25, 0.3) is 5.91 Å². The van der Waals surface area contributed by atoms with Crippen LogP contribution in [0.25, 0.3) is 0 Å². The average molecular weight is 251 g/mol. The van der Waals surface area contributed by atoms with E-state index in [1.165, 1.54) is 12.1 Å². The van der Waals surface area contributed by atoms with Crippen LogP contribution < -0.4 is 5.32 Å². The Morgan fingerprint density at radius 1 is 1.44 bits per heavy atom. The number of aryl methyl sites for hydroxylation is 1. The van der Waals surface area contributed by atoms with Crippen LogP contribution in [-0.4, -0.2) is 23.5 Å². The fourth-order valence-electron chi connectivity index (χ4n) is 1.77. The first-order valence-electron chi connectivity index (χ1n) is 5.72. The number of hydrogen-bond donors (Lipinski definition) is 2. The van der Waals surface area contributed by atoms with E-state index in [1.54, 1.807) is 13.0 Å². The fraction of sp³-hybridized carbons (Fsp3) is 0.385. The highest BCUT2D eigenvalue weighted by atomic mass is 19.1. The molecule has 18 heavy (non-hydrogen) atoms. The van der Waals surface area contributed by atoms with Gasteiger partial charge in [-0.2, -0.15) is 0 Å². The first-order chi connectivity index (χ1) is 8.44. The second-order valence-corrected chi connectivity index (χ2v) is 4.75. The molecule has 1 aliphatic carbocycles. The molecular weight excluding hydrogens is 237 g/mol. The van der Waals surface area contributed by atoms with Gasteiger partial charge in [-0.25, -0.2) is 4.39 Å². The zero-order valence-electron chi connectivity index (χ0n) is 10.00. The maximum atomic E-state index is 13.5. The minimum absolute atomic E-state index is 0.0501. The van der Waals surface area contributed by atoms with Crippen LogP contribution in [0.15, 0.2) is 18.2 Å². The van der Waals surface area contributed by atoms with E-state index in [-0.39, 0.29) is 12.1 Å². The zero-order chi connectivity index (χ0) is 13.3. The van der Waals surface area contributed by atoms with Gasteiger partial charge in [0.05, 0.1) is 11.0 Å². The number of rotatable bonds is 4. The van der Waals surface area contributed by atoms with E-state index in [0.29, 0.717) is 12.8 Å². The lowest BCUT2D eigenvalue weighted by Crippen LogP contribution is -2.34. The highest BCUT2D eigenvalue weighted by molar-refractivity contribution is 5.95. The summed E-state index contributed by atoms with van der Waals surface area (Å²) < 4.78 is 13.5. The van der Waals surface area contributed by atoms with E-state index in [0.717, 1.165) is 5.56 Å². The van der Waals surface area contributed by atoms with Crippen LogP contribution in [0, 0.1) is 18.2 Å². The van der Waals surface area contributed by atoms with Crippen molar-refractivity contribution in [2.45, 2.75) is 19.8 Å². The molecule has 0 heterocycles. The Morgan fingerprint density at radius 2 is 2.11 bits per heavy atom. The minimum Gasteiger partial charge on any atom is -0.481 e.